The molecule has 1 aromatic heterocycles. The smallest absolute Gasteiger partial charge is 0.255 e. The number of amides is 2. The van der Waals surface area contributed by atoms with Gasteiger partial charge in [0, 0.05) is 23.3 Å². The van der Waals surface area contributed by atoms with Crippen LogP contribution in [0.4, 0.5) is 4.39 Å². The minimum atomic E-state index is -1.23. The Hall–Kier alpha value is -3.32. The zero-order valence-electron chi connectivity index (χ0n) is 18.4. The van der Waals surface area contributed by atoms with Crippen molar-refractivity contribution in [2.45, 2.75) is 38.3 Å². The molecular formula is C25H24ClFN4O2. The quantitative estimate of drug-likeness (QED) is 0.585. The van der Waals surface area contributed by atoms with E-state index in [1.807, 2.05) is 12.1 Å². The van der Waals surface area contributed by atoms with Crippen LogP contribution in [0, 0.1) is 5.82 Å². The second kappa shape index (κ2) is 9.27. The summed E-state index contributed by atoms with van der Waals surface area (Å²) in [5.41, 5.74) is 0.184. The third-order valence-electron chi connectivity index (χ3n) is 5.69. The highest BCUT2D eigenvalue weighted by molar-refractivity contribution is 6.30. The Labute approximate surface area is 196 Å². The van der Waals surface area contributed by atoms with Gasteiger partial charge in [0.15, 0.2) is 5.82 Å². The number of aromatic nitrogens is 2. The zero-order valence-corrected chi connectivity index (χ0v) is 19.1. The van der Waals surface area contributed by atoms with Gasteiger partial charge in [-0.1, -0.05) is 35.9 Å². The highest BCUT2D eigenvalue weighted by Crippen LogP contribution is 2.33. The first-order valence-corrected chi connectivity index (χ1v) is 11.1. The molecule has 33 heavy (non-hydrogen) atoms. The second-order valence-electron chi connectivity index (χ2n) is 8.53. The van der Waals surface area contributed by atoms with E-state index >= 15 is 0 Å². The molecule has 1 N–H and O–H groups in total. The van der Waals surface area contributed by atoms with E-state index < -0.39 is 17.3 Å². The first kappa shape index (κ1) is 22.9. The maximum absolute atomic E-state index is 14.0. The monoisotopic (exact) mass is 466 g/mol. The molecular weight excluding hydrogens is 443 g/mol. The Morgan fingerprint density at radius 1 is 1.15 bits per heavy atom. The predicted molar refractivity (Wildman–Crippen MR) is 124 cm³/mol. The molecule has 6 nitrogen and oxygen atoms in total. The van der Waals surface area contributed by atoms with Crippen molar-refractivity contribution < 1.29 is 14.0 Å². The minimum Gasteiger partial charge on any atom is -0.338 e. The van der Waals surface area contributed by atoms with Crippen LogP contribution in [0.1, 0.15) is 48.8 Å². The van der Waals surface area contributed by atoms with Crippen LogP contribution in [-0.4, -0.2) is 38.8 Å². The van der Waals surface area contributed by atoms with Crippen LogP contribution in [0.15, 0.2) is 60.8 Å². The lowest BCUT2D eigenvalue weighted by atomic mass is 10.0. The molecule has 1 saturated heterocycles. The van der Waals surface area contributed by atoms with Gasteiger partial charge in [-0.3, -0.25) is 9.59 Å². The van der Waals surface area contributed by atoms with Gasteiger partial charge >= 0.3 is 0 Å². The number of nitrogens with zero attached hydrogens (tertiary/aromatic N) is 3. The van der Waals surface area contributed by atoms with Crippen molar-refractivity contribution >= 4 is 23.4 Å². The standard InChI is InChI=1S/C25H24ClFN4O2/c1-25(2,30-23(32)18-9-3-4-10-19(18)27)24(33)31-14-6-11-21(31)20-12-13-28-22(29-20)16-7-5-8-17(26)15-16/h3-5,7-10,12-13,15,21H,6,11,14H2,1-2H3,(H,30,32). The van der Waals surface area contributed by atoms with Crippen molar-refractivity contribution in [2.24, 2.45) is 0 Å². The van der Waals surface area contributed by atoms with Gasteiger partial charge in [-0.25, -0.2) is 14.4 Å². The average Bonchev–Trinajstić information content (AvgIpc) is 3.28. The third-order valence-corrected chi connectivity index (χ3v) is 5.93. The molecule has 1 unspecified atom stereocenters. The van der Waals surface area contributed by atoms with Gasteiger partial charge < -0.3 is 10.2 Å². The second-order valence-corrected chi connectivity index (χ2v) is 8.97. The maximum Gasteiger partial charge on any atom is 0.255 e. The molecule has 0 spiro atoms. The van der Waals surface area contributed by atoms with Crippen molar-refractivity contribution in [3.63, 3.8) is 0 Å². The van der Waals surface area contributed by atoms with Gasteiger partial charge in [0.25, 0.3) is 5.91 Å². The van der Waals surface area contributed by atoms with E-state index in [-0.39, 0.29) is 17.5 Å². The number of halogens is 2. The van der Waals surface area contributed by atoms with E-state index in [0.29, 0.717) is 17.4 Å². The fourth-order valence-electron chi connectivity index (χ4n) is 4.05. The Morgan fingerprint density at radius 2 is 1.94 bits per heavy atom. The van der Waals surface area contributed by atoms with E-state index in [0.717, 1.165) is 24.1 Å². The lowest BCUT2D eigenvalue weighted by molar-refractivity contribution is -0.137. The van der Waals surface area contributed by atoms with Crippen molar-refractivity contribution in [1.29, 1.82) is 0 Å². The van der Waals surface area contributed by atoms with Crippen molar-refractivity contribution in [2.75, 3.05) is 6.54 Å². The first-order chi connectivity index (χ1) is 15.8. The molecule has 3 aromatic rings. The van der Waals surface area contributed by atoms with Gasteiger partial charge in [-0.2, -0.15) is 0 Å². The van der Waals surface area contributed by atoms with E-state index in [1.165, 1.54) is 18.2 Å². The van der Waals surface area contributed by atoms with Crippen LogP contribution < -0.4 is 5.32 Å². The molecule has 1 fully saturated rings. The van der Waals surface area contributed by atoms with Crippen LogP contribution in [0.5, 0.6) is 0 Å². The molecule has 2 heterocycles. The van der Waals surface area contributed by atoms with E-state index in [2.05, 4.69) is 10.3 Å². The number of hydrogen-bond acceptors (Lipinski definition) is 4. The Bertz CT molecular complexity index is 1200. The highest BCUT2D eigenvalue weighted by Gasteiger charge is 2.40. The van der Waals surface area contributed by atoms with Gasteiger partial charge in [0.05, 0.1) is 17.3 Å². The van der Waals surface area contributed by atoms with Crippen LogP contribution in [0.2, 0.25) is 5.02 Å². The Balaban J connectivity index is 1.55. The van der Waals surface area contributed by atoms with Gasteiger partial charge in [-0.05, 0) is 57.0 Å². The van der Waals surface area contributed by atoms with E-state index in [9.17, 15) is 14.0 Å². The summed E-state index contributed by atoms with van der Waals surface area (Å²) in [6.45, 7) is 3.79. The molecule has 4 rings (SSSR count). The largest absolute Gasteiger partial charge is 0.338 e. The van der Waals surface area contributed by atoms with Crippen molar-refractivity contribution in [3.05, 3.63) is 82.9 Å². The Kier molecular flexibility index (Phi) is 6.42. The summed E-state index contributed by atoms with van der Waals surface area (Å²) in [6.07, 6.45) is 3.23. The van der Waals surface area contributed by atoms with E-state index in [4.69, 9.17) is 16.6 Å². The van der Waals surface area contributed by atoms with Gasteiger partial charge in [0.1, 0.15) is 11.4 Å². The fraction of sp³-hybridized carbons (Fsp3) is 0.280. The summed E-state index contributed by atoms with van der Waals surface area (Å²) < 4.78 is 14.0. The molecule has 2 amide bonds. The lowest BCUT2D eigenvalue weighted by Gasteiger charge is -2.33. The highest BCUT2D eigenvalue weighted by atomic mass is 35.5. The summed E-state index contributed by atoms with van der Waals surface area (Å²) in [7, 11) is 0. The van der Waals surface area contributed by atoms with Gasteiger partial charge in [0.2, 0.25) is 5.91 Å². The number of carbonyl (C=O) groups excluding carboxylic acids is 2. The van der Waals surface area contributed by atoms with Crippen molar-refractivity contribution in [1.82, 2.24) is 20.2 Å². The topological polar surface area (TPSA) is 75.2 Å². The number of carbonyl (C=O) groups is 2. The SMILES string of the molecule is CC(C)(NC(=O)c1ccccc1F)C(=O)N1CCCC1c1ccnc(-c2cccc(Cl)c2)n1. The zero-order chi connectivity index (χ0) is 23.6. The summed E-state index contributed by atoms with van der Waals surface area (Å²) in [6, 6.07) is 14.5. The number of rotatable bonds is 5. The van der Waals surface area contributed by atoms with Gasteiger partial charge in [-0.15, -0.1) is 0 Å². The summed E-state index contributed by atoms with van der Waals surface area (Å²) >= 11 is 6.11. The normalized spacial score (nSPS) is 16.0. The molecule has 0 bridgehead atoms. The molecule has 0 radical (unpaired) electrons. The van der Waals surface area contributed by atoms with Crippen LogP contribution in [0.3, 0.4) is 0 Å². The molecule has 8 heteroatoms. The molecule has 1 aliphatic rings. The molecule has 1 atom stereocenters. The van der Waals surface area contributed by atoms with Crippen LogP contribution in [-0.2, 0) is 4.79 Å². The number of likely N-dealkylation sites (tertiary alicyclic amines) is 1. The molecule has 0 aliphatic carbocycles. The lowest BCUT2D eigenvalue weighted by Crippen LogP contribution is -2.55. The number of nitrogens with one attached hydrogen (secondary N) is 1. The predicted octanol–water partition coefficient (Wildman–Crippen LogP) is 4.81. The average molecular weight is 467 g/mol. The molecule has 2 aromatic carbocycles. The summed E-state index contributed by atoms with van der Waals surface area (Å²) in [4.78, 5) is 36.9. The minimum absolute atomic E-state index is 0.0988. The Morgan fingerprint density at radius 3 is 2.70 bits per heavy atom. The molecule has 1 aliphatic heterocycles. The first-order valence-electron chi connectivity index (χ1n) is 10.7. The fourth-order valence-corrected chi connectivity index (χ4v) is 4.24. The van der Waals surface area contributed by atoms with E-state index in [1.54, 1.807) is 49.2 Å². The number of benzene rings is 2. The summed E-state index contributed by atoms with van der Waals surface area (Å²) in [5.74, 6) is -0.988. The maximum atomic E-state index is 14.0. The van der Waals surface area contributed by atoms with Crippen molar-refractivity contribution in [3.8, 4) is 11.4 Å². The molecule has 170 valence electrons. The van der Waals surface area contributed by atoms with Crippen LogP contribution >= 0.6 is 11.6 Å². The number of hydrogen-bond donors (Lipinski definition) is 1. The summed E-state index contributed by atoms with van der Waals surface area (Å²) in [5, 5.41) is 3.28. The third kappa shape index (κ3) is 4.88. The molecule has 0 saturated carbocycles. The van der Waals surface area contributed by atoms with Crippen LogP contribution in [0.25, 0.3) is 11.4 Å².